The summed E-state index contributed by atoms with van der Waals surface area (Å²) >= 11 is 3.36. The fraction of sp³-hybridized carbons (Fsp3) is 0.294. The smallest absolute Gasteiger partial charge is 0.136 e. The van der Waals surface area contributed by atoms with E-state index in [1.807, 2.05) is 12.1 Å². The monoisotopic (exact) mass is 351 g/mol. The maximum Gasteiger partial charge on any atom is 0.136 e. The van der Waals surface area contributed by atoms with Gasteiger partial charge >= 0.3 is 0 Å². The minimum absolute atomic E-state index is 0.300. The Balaban J connectivity index is 1.96. The number of rotatable bonds is 7. The largest absolute Gasteiger partial charge is 0.488 e. The van der Waals surface area contributed by atoms with Crippen LogP contribution in [0.1, 0.15) is 24.5 Å². The zero-order chi connectivity index (χ0) is 15.1. The lowest BCUT2D eigenvalue weighted by atomic mass is 10.1. The lowest BCUT2D eigenvalue weighted by Gasteiger charge is -2.10. The molecule has 2 nitrogen and oxygen atoms in total. The molecule has 0 aliphatic carbocycles. The normalized spacial score (nSPS) is 10.6. The van der Waals surface area contributed by atoms with Crippen molar-refractivity contribution in [3.63, 3.8) is 0 Å². The minimum Gasteiger partial charge on any atom is -0.488 e. The highest BCUT2D eigenvalue weighted by Crippen LogP contribution is 2.26. The van der Waals surface area contributed by atoms with E-state index in [4.69, 9.17) is 4.74 Å². The van der Waals surface area contributed by atoms with Crippen LogP contribution >= 0.6 is 15.9 Å². The first-order valence-electron chi connectivity index (χ1n) is 7.05. The van der Waals surface area contributed by atoms with Crippen LogP contribution in [-0.4, -0.2) is 6.54 Å². The molecule has 112 valence electrons. The Bertz CT molecular complexity index is 589. The highest BCUT2D eigenvalue weighted by molar-refractivity contribution is 9.10. The first-order chi connectivity index (χ1) is 10.2. The van der Waals surface area contributed by atoms with E-state index in [0.29, 0.717) is 12.4 Å². The van der Waals surface area contributed by atoms with Gasteiger partial charge in [0.1, 0.15) is 18.2 Å². The first kappa shape index (κ1) is 16.0. The molecule has 2 rings (SSSR count). The molecule has 0 aliphatic heterocycles. The van der Waals surface area contributed by atoms with E-state index in [1.165, 1.54) is 17.7 Å². The molecule has 2 aromatic rings. The second kappa shape index (κ2) is 8.15. The van der Waals surface area contributed by atoms with Crippen molar-refractivity contribution in [1.82, 2.24) is 5.32 Å². The van der Waals surface area contributed by atoms with E-state index in [2.05, 4.69) is 40.3 Å². The molecule has 0 atom stereocenters. The highest BCUT2D eigenvalue weighted by atomic mass is 79.9. The summed E-state index contributed by atoms with van der Waals surface area (Å²) in [5.74, 6) is 0.218. The Morgan fingerprint density at radius 3 is 2.76 bits per heavy atom. The van der Waals surface area contributed by atoms with Crippen molar-refractivity contribution < 1.29 is 9.13 Å². The van der Waals surface area contributed by atoms with Gasteiger partial charge in [0.05, 0.1) is 4.47 Å². The van der Waals surface area contributed by atoms with Crippen molar-refractivity contribution in [3.05, 3.63) is 63.9 Å². The van der Waals surface area contributed by atoms with E-state index in [-0.39, 0.29) is 5.82 Å². The Morgan fingerprint density at radius 2 is 1.95 bits per heavy atom. The Morgan fingerprint density at radius 1 is 1.14 bits per heavy atom. The first-order valence-corrected chi connectivity index (χ1v) is 7.84. The van der Waals surface area contributed by atoms with Gasteiger partial charge in [-0.2, -0.15) is 0 Å². The molecule has 0 aliphatic rings. The summed E-state index contributed by atoms with van der Waals surface area (Å²) in [4.78, 5) is 0. The van der Waals surface area contributed by atoms with Crippen LogP contribution in [0.25, 0.3) is 0 Å². The quantitative estimate of drug-likeness (QED) is 0.732. The van der Waals surface area contributed by atoms with Crippen molar-refractivity contribution in [2.24, 2.45) is 0 Å². The van der Waals surface area contributed by atoms with Crippen molar-refractivity contribution in [2.75, 3.05) is 6.54 Å². The number of halogens is 2. The lowest BCUT2D eigenvalue weighted by molar-refractivity contribution is 0.302. The molecule has 0 amide bonds. The maximum atomic E-state index is 13.2. The van der Waals surface area contributed by atoms with Crippen molar-refractivity contribution in [1.29, 1.82) is 0 Å². The van der Waals surface area contributed by atoms with Gasteiger partial charge in [-0.1, -0.05) is 31.2 Å². The number of nitrogens with one attached hydrogen (secondary N) is 1. The third-order valence-corrected chi connectivity index (χ3v) is 3.69. The van der Waals surface area contributed by atoms with Crippen molar-refractivity contribution in [3.8, 4) is 5.75 Å². The summed E-state index contributed by atoms with van der Waals surface area (Å²) in [6, 6.07) is 12.7. The van der Waals surface area contributed by atoms with E-state index in [9.17, 15) is 4.39 Å². The van der Waals surface area contributed by atoms with Crippen molar-refractivity contribution in [2.45, 2.75) is 26.5 Å². The SMILES string of the molecule is CCCNCc1cccc(COc2cc(F)ccc2Br)c1. The van der Waals surface area contributed by atoms with Crippen LogP contribution in [0.15, 0.2) is 46.9 Å². The topological polar surface area (TPSA) is 21.3 Å². The van der Waals surface area contributed by atoms with Crippen LogP contribution in [0.2, 0.25) is 0 Å². The van der Waals surface area contributed by atoms with Gasteiger partial charge in [0.25, 0.3) is 0 Å². The molecule has 0 fully saturated rings. The zero-order valence-electron chi connectivity index (χ0n) is 12.0. The van der Waals surface area contributed by atoms with E-state index in [1.54, 1.807) is 6.07 Å². The number of benzene rings is 2. The predicted molar refractivity (Wildman–Crippen MR) is 86.9 cm³/mol. The molecule has 0 radical (unpaired) electrons. The van der Waals surface area contributed by atoms with Gasteiger partial charge < -0.3 is 10.1 Å². The average molecular weight is 352 g/mol. The van der Waals surface area contributed by atoms with Crippen LogP contribution in [0.3, 0.4) is 0 Å². The molecular weight excluding hydrogens is 333 g/mol. The number of hydrogen-bond acceptors (Lipinski definition) is 2. The molecule has 0 spiro atoms. The maximum absolute atomic E-state index is 13.2. The Labute approximate surface area is 133 Å². The van der Waals surface area contributed by atoms with Crippen LogP contribution < -0.4 is 10.1 Å². The van der Waals surface area contributed by atoms with Crippen molar-refractivity contribution >= 4 is 15.9 Å². The summed E-state index contributed by atoms with van der Waals surface area (Å²) in [6.45, 7) is 4.43. The van der Waals surface area contributed by atoms with E-state index in [0.717, 1.165) is 29.5 Å². The Kier molecular flexibility index (Phi) is 6.21. The van der Waals surface area contributed by atoms with Gasteiger partial charge in [-0.25, -0.2) is 4.39 Å². The van der Waals surface area contributed by atoms with Crippen LogP contribution in [-0.2, 0) is 13.2 Å². The van der Waals surface area contributed by atoms with Gasteiger partial charge in [-0.05, 0) is 52.2 Å². The fourth-order valence-corrected chi connectivity index (χ4v) is 2.35. The van der Waals surface area contributed by atoms with Crippen LogP contribution in [0, 0.1) is 5.82 Å². The third-order valence-electron chi connectivity index (χ3n) is 3.03. The molecule has 0 saturated heterocycles. The third kappa shape index (κ3) is 5.14. The summed E-state index contributed by atoms with van der Waals surface area (Å²) in [5.41, 5.74) is 2.30. The fourth-order valence-electron chi connectivity index (χ4n) is 1.99. The highest BCUT2D eigenvalue weighted by Gasteiger charge is 2.04. The lowest BCUT2D eigenvalue weighted by Crippen LogP contribution is -2.13. The summed E-state index contributed by atoms with van der Waals surface area (Å²) in [7, 11) is 0. The standard InChI is InChI=1S/C17H19BrFNO/c1-2-8-20-11-13-4-3-5-14(9-13)12-21-17-10-15(19)6-7-16(17)18/h3-7,9-10,20H,2,8,11-12H2,1H3. The van der Waals surface area contributed by atoms with E-state index >= 15 is 0 Å². The average Bonchev–Trinajstić information content (AvgIpc) is 2.49. The summed E-state index contributed by atoms with van der Waals surface area (Å²) in [6.07, 6.45) is 1.12. The molecule has 0 bridgehead atoms. The molecule has 0 saturated carbocycles. The molecule has 0 unspecified atom stereocenters. The van der Waals surface area contributed by atoms with E-state index < -0.39 is 0 Å². The molecule has 1 N–H and O–H groups in total. The second-order valence-corrected chi connectivity index (χ2v) is 5.71. The minimum atomic E-state index is -0.300. The number of ether oxygens (including phenoxy) is 1. The number of hydrogen-bond donors (Lipinski definition) is 1. The predicted octanol–water partition coefficient (Wildman–Crippen LogP) is 4.67. The van der Waals surface area contributed by atoms with Gasteiger partial charge in [0, 0.05) is 12.6 Å². The molecule has 4 heteroatoms. The van der Waals surface area contributed by atoms with Gasteiger partial charge in [-0.3, -0.25) is 0 Å². The molecule has 0 heterocycles. The van der Waals surface area contributed by atoms with Crippen LogP contribution in [0.4, 0.5) is 4.39 Å². The Hall–Kier alpha value is -1.39. The van der Waals surface area contributed by atoms with Gasteiger partial charge in [0.2, 0.25) is 0 Å². The zero-order valence-corrected chi connectivity index (χ0v) is 13.6. The van der Waals surface area contributed by atoms with Gasteiger partial charge in [-0.15, -0.1) is 0 Å². The molecule has 21 heavy (non-hydrogen) atoms. The molecule has 0 aromatic heterocycles. The van der Waals surface area contributed by atoms with Crippen LogP contribution in [0.5, 0.6) is 5.75 Å². The molecular formula is C17H19BrFNO. The summed E-state index contributed by atoms with van der Waals surface area (Å²) < 4.78 is 19.6. The second-order valence-electron chi connectivity index (χ2n) is 4.86. The molecule has 2 aromatic carbocycles. The van der Waals surface area contributed by atoms with Gasteiger partial charge in [0.15, 0.2) is 0 Å². The summed E-state index contributed by atoms with van der Waals surface area (Å²) in [5, 5.41) is 3.37.